The molecule has 7 N–H and O–H groups in total. The highest BCUT2D eigenvalue weighted by Gasteiger charge is 2.21. The van der Waals surface area contributed by atoms with Crippen molar-refractivity contribution in [1.29, 1.82) is 0 Å². The Labute approximate surface area is 411 Å². The first-order valence-electron chi connectivity index (χ1n) is 24.0. The minimum atomic E-state index is -0.760. The lowest BCUT2D eigenvalue weighted by Crippen LogP contribution is -2.43. The summed E-state index contributed by atoms with van der Waals surface area (Å²) in [7, 11) is 3.05. The number of nitrogens with one attached hydrogen (secondary N) is 7. The molecule has 24 nitrogen and oxygen atoms in total. The molecule has 0 bridgehead atoms. The van der Waals surface area contributed by atoms with Crippen molar-refractivity contribution in [2.45, 2.75) is 90.1 Å². The highest BCUT2D eigenvalue weighted by atomic mass is 16.5. The molecule has 0 fully saturated rings. The lowest BCUT2D eigenvalue weighted by atomic mass is 10.1. The van der Waals surface area contributed by atoms with Gasteiger partial charge in [0.2, 0.25) is 29.5 Å². The SMILES string of the molecule is CCCNC(=O)CCOCC(COCCC(=O)NCCOC)NC(=O)c1cc(OCCNC(=O)CCCCCN=[N+]=[N-])cc(C(=O)NC(COCCC(=O)NCCC)COCCC(=O)NCCOC)c1. The molecule has 1 aromatic carbocycles. The number of hydrogen-bond donors (Lipinski definition) is 7. The van der Waals surface area contributed by atoms with Gasteiger partial charge in [0.25, 0.3) is 11.8 Å². The number of methoxy groups -OCH3 is 2. The fourth-order valence-electron chi connectivity index (χ4n) is 5.91. The molecular weight excluding hydrogens is 917 g/mol. The first-order chi connectivity index (χ1) is 33.9. The molecule has 1 aromatic rings. The van der Waals surface area contributed by atoms with Gasteiger partial charge in [0.1, 0.15) is 12.4 Å². The average Bonchev–Trinajstić information content (AvgIpc) is 3.35. The number of azide groups is 1. The van der Waals surface area contributed by atoms with E-state index in [1.54, 1.807) is 0 Å². The Balaban J connectivity index is 3.31. The Morgan fingerprint density at radius 2 is 0.900 bits per heavy atom. The van der Waals surface area contributed by atoms with Crippen LogP contribution >= 0.6 is 0 Å². The summed E-state index contributed by atoms with van der Waals surface area (Å²) in [4.78, 5) is 92.0. The van der Waals surface area contributed by atoms with Crippen LogP contribution in [0.5, 0.6) is 5.75 Å². The monoisotopic (exact) mass is 995 g/mol. The van der Waals surface area contributed by atoms with Crippen molar-refractivity contribution >= 4 is 41.4 Å². The van der Waals surface area contributed by atoms with Crippen molar-refractivity contribution in [3.63, 3.8) is 0 Å². The molecule has 0 aliphatic heterocycles. The number of amides is 7. The standard InChI is InChI=1S/C46H78N10O14/c1-5-15-48-41(58)11-21-66-31-37(33-68-23-13-43(60)50-18-25-64-3)54-45(62)35-28-36(30-39(29-35)70-27-20-52-40(57)10-8-7-9-17-53-56-47)46(63)55-38(32-67-22-12-42(59)49-16-6-2)34-69-24-14-44(61)51-19-26-65-4/h28-30,37-38H,5-27,31-34H2,1-4H3,(H,48,58)(H,49,59)(H,50,60)(H,51,61)(H,52,57)(H,54,62)(H,55,63). The lowest BCUT2D eigenvalue weighted by Gasteiger charge is -2.21. The van der Waals surface area contributed by atoms with Crippen LogP contribution in [0.3, 0.4) is 0 Å². The van der Waals surface area contributed by atoms with E-state index in [4.69, 9.17) is 38.7 Å². The van der Waals surface area contributed by atoms with Crippen molar-refractivity contribution < 1.29 is 66.7 Å². The Morgan fingerprint density at radius 3 is 1.29 bits per heavy atom. The molecule has 0 saturated carbocycles. The topological polar surface area (TPSA) is 317 Å². The number of unbranched alkanes of at least 4 members (excludes halogenated alkanes) is 2. The van der Waals surface area contributed by atoms with E-state index in [0.29, 0.717) is 65.2 Å². The molecule has 0 aliphatic rings. The maximum Gasteiger partial charge on any atom is 0.251 e. The number of carbonyl (C=O) groups is 7. The minimum absolute atomic E-state index is 0.0148. The summed E-state index contributed by atoms with van der Waals surface area (Å²) in [6.45, 7) is 6.74. The quantitative estimate of drug-likeness (QED) is 0.0211. The molecule has 1 rings (SSSR count). The van der Waals surface area contributed by atoms with Crippen LogP contribution < -0.4 is 42.0 Å². The van der Waals surface area contributed by atoms with Gasteiger partial charge in [-0.25, -0.2) is 0 Å². The molecule has 2 unspecified atom stereocenters. The van der Waals surface area contributed by atoms with Gasteiger partial charge in [0.15, 0.2) is 0 Å². The van der Waals surface area contributed by atoms with Crippen LogP contribution in [0.1, 0.15) is 98.8 Å². The summed E-state index contributed by atoms with van der Waals surface area (Å²) < 4.78 is 39.0. The van der Waals surface area contributed by atoms with Crippen molar-refractivity contribution in [2.24, 2.45) is 5.11 Å². The Bertz CT molecular complexity index is 1630. The van der Waals surface area contributed by atoms with Crippen LogP contribution in [-0.4, -0.2) is 180 Å². The van der Waals surface area contributed by atoms with E-state index < -0.39 is 23.9 Å². The fourth-order valence-corrected chi connectivity index (χ4v) is 5.91. The van der Waals surface area contributed by atoms with Crippen molar-refractivity contribution in [3.8, 4) is 5.75 Å². The second kappa shape index (κ2) is 42.3. The van der Waals surface area contributed by atoms with E-state index in [1.807, 2.05) is 13.8 Å². The molecule has 7 amide bonds. The van der Waals surface area contributed by atoms with Gasteiger partial charge in [0.05, 0.1) is 84.7 Å². The van der Waals surface area contributed by atoms with Crippen molar-refractivity contribution in [3.05, 3.63) is 39.8 Å². The number of carbonyl (C=O) groups excluding carboxylic acids is 7. The molecule has 0 aromatic heterocycles. The summed E-state index contributed by atoms with van der Waals surface area (Å²) in [5.74, 6) is -2.19. The normalized spacial score (nSPS) is 11.6. The Kier molecular flexibility index (Phi) is 37.7. The summed E-state index contributed by atoms with van der Waals surface area (Å²) in [6.07, 6.45) is 4.09. The molecule has 0 heterocycles. The largest absolute Gasteiger partial charge is 0.492 e. The van der Waals surface area contributed by atoms with Crippen LogP contribution in [0.4, 0.5) is 0 Å². The van der Waals surface area contributed by atoms with Crippen LogP contribution in [0.2, 0.25) is 0 Å². The van der Waals surface area contributed by atoms with Crippen LogP contribution in [-0.2, 0) is 52.4 Å². The third-order valence-electron chi connectivity index (χ3n) is 9.59. The fraction of sp³-hybridized carbons (Fsp3) is 0.717. The molecule has 2 atom stereocenters. The van der Waals surface area contributed by atoms with E-state index in [9.17, 15) is 33.6 Å². The third kappa shape index (κ3) is 33.8. The summed E-state index contributed by atoms with van der Waals surface area (Å²) in [6, 6.07) is 2.71. The number of benzene rings is 1. The van der Waals surface area contributed by atoms with E-state index in [1.165, 1.54) is 32.4 Å². The highest BCUT2D eigenvalue weighted by molar-refractivity contribution is 6.00. The number of rotatable bonds is 44. The van der Waals surface area contributed by atoms with Gasteiger partial charge in [-0.15, -0.1) is 0 Å². The molecule has 0 spiro atoms. The van der Waals surface area contributed by atoms with Gasteiger partial charge >= 0.3 is 0 Å². The van der Waals surface area contributed by atoms with Gasteiger partial charge in [-0.2, -0.15) is 0 Å². The molecule has 70 heavy (non-hydrogen) atoms. The zero-order chi connectivity index (χ0) is 51.5. The highest BCUT2D eigenvalue weighted by Crippen LogP contribution is 2.19. The molecule has 0 aliphatic carbocycles. The molecule has 0 saturated heterocycles. The van der Waals surface area contributed by atoms with E-state index >= 15 is 0 Å². The Morgan fingerprint density at radius 1 is 0.514 bits per heavy atom. The second-order valence-corrected chi connectivity index (χ2v) is 15.7. The van der Waals surface area contributed by atoms with E-state index in [0.717, 1.165) is 12.8 Å². The molecule has 396 valence electrons. The predicted molar refractivity (Wildman–Crippen MR) is 258 cm³/mol. The maximum atomic E-state index is 14.0. The number of ether oxygens (including phenoxy) is 7. The molecule has 24 heteroatoms. The van der Waals surface area contributed by atoms with Gasteiger partial charge in [0, 0.05) is 95.1 Å². The summed E-state index contributed by atoms with van der Waals surface area (Å²) in [5.41, 5.74) is 8.48. The predicted octanol–water partition coefficient (Wildman–Crippen LogP) is 1.45. The minimum Gasteiger partial charge on any atom is -0.492 e. The average molecular weight is 995 g/mol. The maximum absolute atomic E-state index is 14.0. The first-order valence-corrected chi connectivity index (χ1v) is 24.0. The van der Waals surface area contributed by atoms with Gasteiger partial charge < -0.3 is 70.4 Å². The zero-order valence-corrected chi connectivity index (χ0v) is 41.5. The zero-order valence-electron chi connectivity index (χ0n) is 41.5. The van der Waals surface area contributed by atoms with Gasteiger partial charge in [-0.1, -0.05) is 25.4 Å². The number of hydrogen-bond acceptors (Lipinski definition) is 15. The van der Waals surface area contributed by atoms with Gasteiger partial charge in [-0.05, 0) is 49.4 Å². The lowest BCUT2D eigenvalue weighted by molar-refractivity contribution is -0.123. The molecule has 0 radical (unpaired) electrons. The Hall–Kier alpha value is -5.62. The van der Waals surface area contributed by atoms with Crippen LogP contribution in [0, 0.1) is 0 Å². The van der Waals surface area contributed by atoms with E-state index in [2.05, 4.69) is 47.2 Å². The van der Waals surface area contributed by atoms with Gasteiger partial charge in [-0.3, -0.25) is 33.6 Å². The first kappa shape index (κ1) is 62.4. The van der Waals surface area contributed by atoms with Crippen LogP contribution in [0.25, 0.3) is 10.4 Å². The van der Waals surface area contributed by atoms with Crippen molar-refractivity contribution in [2.75, 3.05) is 126 Å². The van der Waals surface area contributed by atoms with Crippen LogP contribution in [0.15, 0.2) is 23.3 Å². The molecular formula is C46H78N10O14. The third-order valence-corrected chi connectivity index (χ3v) is 9.59. The summed E-state index contributed by atoms with van der Waals surface area (Å²) >= 11 is 0. The summed E-state index contributed by atoms with van der Waals surface area (Å²) in [5, 5.41) is 23.0. The van der Waals surface area contributed by atoms with E-state index in [-0.39, 0.29) is 145 Å². The van der Waals surface area contributed by atoms with Crippen molar-refractivity contribution in [1.82, 2.24) is 37.2 Å². The smallest absolute Gasteiger partial charge is 0.251 e. The number of nitrogens with zero attached hydrogens (tertiary/aromatic N) is 3. The second-order valence-electron chi connectivity index (χ2n) is 15.7.